The van der Waals surface area contributed by atoms with Gasteiger partial charge in [-0.1, -0.05) is 19.4 Å². The Balaban J connectivity index is 2.18. The fourth-order valence-corrected chi connectivity index (χ4v) is 3.28. The van der Waals surface area contributed by atoms with Crippen LogP contribution in [0.1, 0.15) is 42.1 Å². The van der Waals surface area contributed by atoms with E-state index < -0.39 is 23.3 Å². The van der Waals surface area contributed by atoms with Crippen molar-refractivity contribution in [2.24, 2.45) is 5.92 Å². The van der Waals surface area contributed by atoms with Crippen LogP contribution < -0.4 is 4.74 Å². The molecule has 0 saturated carbocycles. The van der Waals surface area contributed by atoms with Crippen molar-refractivity contribution < 1.29 is 28.6 Å². The predicted molar refractivity (Wildman–Crippen MR) is 95.2 cm³/mol. The Morgan fingerprint density at radius 1 is 1.12 bits per heavy atom. The van der Waals surface area contributed by atoms with Crippen molar-refractivity contribution in [1.82, 2.24) is 0 Å². The van der Waals surface area contributed by atoms with Crippen molar-refractivity contribution in [1.29, 1.82) is 0 Å². The van der Waals surface area contributed by atoms with Gasteiger partial charge in [-0.15, -0.1) is 0 Å². The molecule has 6 heteroatoms. The van der Waals surface area contributed by atoms with Gasteiger partial charge in [0.25, 0.3) is 0 Å². The summed E-state index contributed by atoms with van der Waals surface area (Å²) in [5, 5.41) is 0. The summed E-state index contributed by atoms with van der Waals surface area (Å²) in [4.78, 5) is 35.8. The lowest BCUT2D eigenvalue weighted by Gasteiger charge is -2.32. The quantitative estimate of drug-likeness (QED) is 0.549. The summed E-state index contributed by atoms with van der Waals surface area (Å²) in [5.41, 5.74) is 1.14. The molecule has 6 nitrogen and oxygen atoms in total. The topological polar surface area (TPSA) is 78.9 Å². The van der Waals surface area contributed by atoms with Crippen molar-refractivity contribution >= 4 is 17.7 Å². The van der Waals surface area contributed by atoms with Crippen LogP contribution in [0.25, 0.3) is 0 Å². The summed E-state index contributed by atoms with van der Waals surface area (Å²) in [6, 6.07) is 5.40. The molecule has 0 aliphatic heterocycles. The van der Waals surface area contributed by atoms with Crippen LogP contribution in [0.2, 0.25) is 0 Å². The van der Waals surface area contributed by atoms with Gasteiger partial charge in [-0.3, -0.25) is 14.4 Å². The molecule has 140 valence electrons. The number of allylic oxidation sites excluding steroid dienone is 2. The standard InChI is InChI=1S/C20H24O6/c1-20(10-5-6-15(18(22)25-3)19(23)26-4)11-9-17(21)14-8-7-13(24-2)12-16(14)20/h7-9,11-12,15H,5-6,10H2,1-4H3. The van der Waals surface area contributed by atoms with Crippen LogP contribution in [0.5, 0.6) is 5.75 Å². The molecular formula is C20H24O6. The zero-order valence-electron chi connectivity index (χ0n) is 15.5. The highest BCUT2D eigenvalue weighted by Gasteiger charge is 2.34. The van der Waals surface area contributed by atoms with Crippen LogP contribution in [0, 0.1) is 5.92 Å². The number of fused-ring (bicyclic) bond motifs is 1. The highest BCUT2D eigenvalue weighted by molar-refractivity contribution is 6.07. The fraction of sp³-hybridized carbons (Fsp3) is 0.450. The molecule has 1 unspecified atom stereocenters. The fourth-order valence-electron chi connectivity index (χ4n) is 3.28. The summed E-state index contributed by atoms with van der Waals surface area (Å²) < 4.78 is 14.7. The molecule has 0 spiro atoms. The minimum Gasteiger partial charge on any atom is -0.497 e. The van der Waals surface area contributed by atoms with Gasteiger partial charge in [0, 0.05) is 11.0 Å². The number of carbonyl (C=O) groups excluding carboxylic acids is 3. The number of hydrogen-bond acceptors (Lipinski definition) is 6. The van der Waals surface area contributed by atoms with Gasteiger partial charge in [-0.05, 0) is 42.7 Å². The Kier molecular flexibility index (Phi) is 6.18. The van der Waals surface area contributed by atoms with Crippen LogP contribution in [-0.4, -0.2) is 39.1 Å². The highest BCUT2D eigenvalue weighted by Crippen LogP contribution is 2.39. The monoisotopic (exact) mass is 360 g/mol. The third-order valence-corrected chi connectivity index (χ3v) is 4.87. The first-order chi connectivity index (χ1) is 12.4. The molecule has 0 saturated heterocycles. The molecular weight excluding hydrogens is 336 g/mol. The highest BCUT2D eigenvalue weighted by atomic mass is 16.5. The molecule has 2 rings (SSSR count). The molecule has 1 aromatic carbocycles. The maximum atomic E-state index is 12.2. The molecule has 0 amide bonds. The first-order valence-electron chi connectivity index (χ1n) is 8.44. The Bertz CT molecular complexity index is 720. The second kappa shape index (κ2) is 8.17. The summed E-state index contributed by atoms with van der Waals surface area (Å²) in [7, 11) is 4.08. The molecule has 1 aliphatic carbocycles. The number of rotatable bonds is 7. The SMILES string of the molecule is COC(=O)C(CCCC1(C)C=CC(=O)c2ccc(OC)cc21)C(=O)OC. The number of carbonyl (C=O) groups is 3. The summed E-state index contributed by atoms with van der Waals surface area (Å²) in [6.45, 7) is 2.03. The minimum absolute atomic E-state index is 0.0397. The van der Waals surface area contributed by atoms with Gasteiger partial charge in [0.2, 0.25) is 0 Å². The summed E-state index contributed by atoms with van der Waals surface area (Å²) in [5.74, 6) is -1.49. The molecule has 0 fully saturated rings. The van der Waals surface area contributed by atoms with Crippen molar-refractivity contribution in [3.05, 3.63) is 41.5 Å². The van der Waals surface area contributed by atoms with Crippen LogP contribution in [0.15, 0.2) is 30.4 Å². The first kappa shape index (κ1) is 19.7. The van der Waals surface area contributed by atoms with Crippen LogP contribution in [0.3, 0.4) is 0 Å². The van der Waals surface area contributed by atoms with Crippen molar-refractivity contribution in [3.8, 4) is 5.75 Å². The van der Waals surface area contributed by atoms with E-state index in [2.05, 4.69) is 9.47 Å². The molecule has 1 aromatic rings. The third-order valence-electron chi connectivity index (χ3n) is 4.87. The van der Waals surface area contributed by atoms with Gasteiger partial charge in [0.05, 0.1) is 21.3 Å². The van der Waals surface area contributed by atoms with E-state index in [-0.39, 0.29) is 5.78 Å². The Hall–Kier alpha value is -2.63. The lowest BCUT2D eigenvalue weighted by Crippen LogP contribution is -2.29. The van der Waals surface area contributed by atoms with Crippen molar-refractivity contribution in [2.45, 2.75) is 31.6 Å². The molecule has 26 heavy (non-hydrogen) atoms. The molecule has 1 aliphatic rings. The minimum atomic E-state index is -0.937. The molecule has 0 bridgehead atoms. The van der Waals surface area contributed by atoms with Gasteiger partial charge >= 0.3 is 11.9 Å². The molecule has 0 aromatic heterocycles. The molecule has 0 heterocycles. The van der Waals surface area contributed by atoms with E-state index in [4.69, 9.17) is 4.74 Å². The van der Waals surface area contributed by atoms with E-state index in [1.54, 1.807) is 25.3 Å². The van der Waals surface area contributed by atoms with E-state index in [1.165, 1.54) is 14.2 Å². The lowest BCUT2D eigenvalue weighted by molar-refractivity contribution is -0.159. The van der Waals surface area contributed by atoms with Crippen molar-refractivity contribution in [2.75, 3.05) is 21.3 Å². The largest absolute Gasteiger partial charge is 0.497 e. The number of ether oxygens (including phenoxy) is 3. The van der Waals surface area contributed by atoms with E-state index in [0.29, 0.717) is 30.6 Å². The van der Waals surface area contributed by atoms with Gasteiger partial charge < -0.3 is 14.2 Å². The van der Waals surface area contributed by atoms with Crippen molar-refractivity contribution in [3.63, 3.8) is 0 Å². The van der Waals surface area contributed by atoms with E-state index in [1.807, 2.05) is 19.1 Å². The molecule has 0 N–H and O–H groups in total. The van der Waals surface area contributed by atoms with E-state index in [9.17, 15) is 14.4 Å². The summed E-state index contributed by atoms with van der Waals surface area (Å²) >= 11 is 0. The Labute approximate surface area is 153 Å². The zero-order chi connectivity index (χ0) is 19.3. The van der Waals surface area contributed by atoms with Crippen LogP contribution in [-0.2, 0) is 24.5 Å². The maximum Gasteiger partial charge on any atom is 0.320 e. The second-order valence-electron chi connectivity index (χ2n) is 6.52. The Morgan fingerprint density at radius 3 is 2.35 bits per heavy atom. The van der Waals surface area contributed by atoms with E-state index in [0.717, 1.165) is 5.56 Å². The predicted octanol–water partition coefficient (Wildman–Crippen LogP) is 2.84. The molecule has 1 atom stereocenters. The number of benzene rings is 1. The summed E-state index contributed by atoms with van der Waals surface area (Å²) in [6.07, 6.45) is 5.01. The van der Waals surface area contributed by atoms with Gasteiger partial charge in [-0.2, -0.15) is 0 Å². The average molecular weight is 360 g/mol. The van der Waals surface area contributed by atoms with Gasteiger partial charge in [-0.25, -0.2) is 0 Å². The Morgan fingerprint density at radius 2 is 1.77 bits per heavy atom. The van der Waals surface area contributed by atoms with Gasteiger partial charge in [0.1, 0.15) is 5.75 Å². The number of esters is 2. The van der Waals surface area contributed by atoms with Crippen LogP contribution >= 0.6 is 0 Å². The second-order valence-corrected chi connectivity index (χ2v) is 6.52. The zero-order valence-corrected chi connectivity index (χ0v) is 15.5. The first-order valence-corrected chi connectivity index (χ1v) is 8.44. The van der Waals surface area contributed by atoms with Gasteiger partial charge in [0.15, 0.2) is 11.7 Å². The van der Waals surface area contributed by atoms with Crippen LogP contribution in [0.4, 0.5) is 0 Å². The maximum absolute atomic E-state index is 12.2. The average Bonchev–Trinajstić information content (AvgIpc) is 2.67. The number of hydrogen-bond donors (Lipinski definition) is 0. The lowest BCUT2D eigenvalue weighted by atomic mass is 9.72. The molecule has 0 radical (unpaired) electrons. The normalized spacial score (nSPS) is 18.4. The third kappa shape index (κ3) is 3.95. The number of methoxy groups -OCH3 is 3. The smallest absolute Gasteiger partial charge is 0.320 e. The number of ketones is 1. The van der Waals surface area contributed by atoms with E-state index >= 15 is 0 Å².